The Hall–Kier alpha value is -4.06. The number of para-hydroxylation sites is 2. The molecule has 4 aromatic rings. The third kappa shape index (κ3) is 3.54. The second kappa shape index (κ2) is 8.80. The van der Waals surface area contributed by atoms with Gasteiger partial charge in [-0.3, -0.25) is 9.59 Å². The summed E-state index contributed by atoms with van der Waals surface area (Å²) in [5.74, 6) is 0.561. The first kappa shape index (κ1) is 23.3. The van der Waals surface area contributed by atoms with E-state index in [1.807, 2.05) is 49.4 Å². The van der Waals surface area contributed by atoms with Gasteiger partial charge in [-0.05, 0) is 42.2 Å². The van der Waals surface area contributed by atoms with Gasteiger partial charge in [0.25, 0.3) is 5.91 Å². The molecule has 6 heteroatoms. The topological polar surface area (TPSA) is 65.6 Å². The van der Waals surface area contributed by atoms with Gasteiger partial charge in [-0.1, -0.05) is 67.6 Å². The number of carbonyl (C=O) groups is 2. The number of carbonyl (C=O) groups excluding carboxylic acids is 2. The van der Waals surface area contributed by atoms with E-state index in [0.717, 1.165) is 39.7 Å². The number of amides is 2. The van der Waals surface area contributed by atoms with Crippen molar-refractivity contribution in [3.8, 4) is 5.75 Å². The van der Waals surface area contributed by atoms with Gasteiger partial charge in [0.05, 0.1) is 12.8 Å². The lowest BCUT2D eigenvalue weighted by atomic mass is 9.76. The van der Waals surface area contributed by atoms with E-state index in [1.165, 1.54) is 5.56 Å². The molecule has 188 valence electrons. The van der Waals surface area contributed by atoms with Gasteiger partial charge in [-0.25, -0.2) is 0 Å². The molecule has 1 N–H and O–H groups in total. The van der Waals surface area contributed by atoms with Crippen LogP contribution in [0.4, 0.5) is 0 Å². The SMILES string of the molecule is CCc1ccc([C@@H]2CN3C(=O)CN(Cc4ccccc4OC)C(=O)[C@]3(C)c3[nH]c4ccccc4c32)cc1. The molecule has 0 radical (unpaired) electrons. The molecule has 2 atom stereocenters. The number of H-pyrrole nitrogens is 1. The summed E-state index contributed by atoms with van der Waals surface area (Å²) >= 11 is 0. The van der Waals surface area contributed by atoms with Crippen molar-refractivity contribution in [1.82, 2.24) is 14.8 Å². The van der Waals surface area contributed by atoms with Gasteiger partial charge in [0.1, 0.15) is 12.3 Å². The monoisotopic (exact) mass is 493 g/mol. The Kier molecular flexibility index (Phi) is 5.55. The van der Waals surface area contributed by atoms with Crippen LogP contribution in [0.1, 0.15) is 47.7 Å². The van der Waals surface area contributed by atoms with E-state index in [1.54, 1.807) is 16.9 Å². The largest absolute Gasteiger partial charge is 0.496 e. The average molecular weight is 494 g/mol. The van der Waals surface area contributed by atoms with Crippen LogP contribution >= 0.6 is 0 Å². The van der Waals surface area contributed by atoms with Crippen molar-refractivity contribution in [3.05, 3.63) is 101 Å². The summed E-state index contributed by atoms with van der Waals surface area (Å²) in [5, 5.41) is 1.10. The highest BCUT2D eigenvalue weighted by atomic mass is 16.5. The normalized spacial score (nSPS) is 21.2. The number of piperazine rings is 1. The molecule has 1 saturated heterocycles. The number of methoxy groups -OCH3 is 1. The Balaban J connectivity index is 1.48. The Morgan fingerprint density at radius 1 is 1.00 bits per heavy atom. The van der Waals surface area contributed by atoms with Crippen molar-refractivity contribution in [3.63, 3.8) is 0 Å². The zero-order chi connectivity index (χ0) is 25.7. The summed E-state index contributed by atoms with van der Waals surface area (Å²) in [6.45, 7) is 4.86. The summed E-state index contributed by atoms with van der Waals surface area (Å²) in [7, 11) is 1.62. The molecular weight excluding hydrogens is 462 g/mol. The minimum Gasteiger partial charge on any atom is -0.496 e. The summed E-state index contributed by atoms with van der Waals surface area (Å²) in [4.78, 5) is 35.0. The van der Waals surface area contributed by atoms with E-state index in [2.05, 4.69) is 42.2 Å². The lowest BCUT2D eigenvalue weighted by Gasteiger charge is -2.51. The van der Waals surface area contributed by atoms with Crippen LogP contribution in [0.3, 0.4) is 0 Å². The van der Waals surface area contributed by atoms with Crippen molar-refractivity contribution in [2.45, 2.75) is 38.3 Å². The molecule has 1 aromatic heterocycles. The summed E-state index contributed by atoms with van der Waals surface area (Å²) in [6.07, 6.45) is 0.975. The van der Waals surface area contributed by atoms with Crippen LogP contribution in [0.2, 0.25) is 0 Å². The van der Waals surface area contributed by atoms with Crippen molar-refractivity contribution in [2.24, 2.45) is 0 Å². The Morgan fingerprint density at radius 2 is 1.73 bits per heavy atom. The number of nitrogens with zero attached hydrogens (tertiary/aromatic N) is 2. The first-order chi connectivity index (χ1) is 18.0. The Labute approximate surface area is 216 Å². The molecule has 0 saturated carbocycles. The summed E-state index contributed by atoms with van der Waals surface area (Å²) in [5.41, 5.74) is 5.09. The predicted molar refractivity (Wildman–Crippen MR) is 143 cm³/mol. The molecule has 6 rings (SSSR count). The standard InChI is InChI=1S/C31H31N3O3/c1-4-20-13-15-21(16-14-20)24-18-34-27(35)19-33(17-22-9-5-8-12-26(22)37-3)30(36)31(34,2)29-28(24)23-10-6-7-11-25(23)32-29/h5-16,24,32H,4,17-19H2,1-3H3/t24-,31-/m0/s1. The lowest BCUT2D eigenvalue weighted by Crippen LogP contribution is -2.67. The number of aryl methyl sites for hydroxylation is 1. The van der Waals surface area contributed by atoms with Crippen molar-refractivity contribution in [2.75, 3.05) is 20.2 Å². The fourth-order valence-electron chi connectivity index (χ4n) is 6.13. The van der Waals surface area contributed by atoms with Gasteiger partial charge >= 0.3 is 0 Å². The van der Waals surface area contributed by atoms with Crippen LogP contribution in [-0.4, -0.2) is 46.8 Å². The summed E-state index contributed by atoms with van der Waals surface area (Å²) in [6, 6.07) is 24.5. The number of rotatable bonds is 5. The van der Waals surface area contributed by atoms with Crippen LogP contribution < -0.4 is 4.74 Å². The number of aromatic amines is 1. The molecule has 0 unspecified atom stereocenters. The maximum absolute atomic E-state index is 14.3. The van der Waals surface area contributed by atoms with Crippen LogP contribution in [-0.2, 0) is 28.1 Å². The zero-order valence-corrected chi connectivity index (χ0v) is 21.5. The number of benzene rings is 3. The quantitative estimate of drug-likeness (QED) is 0.427. The highest BCUT2D eigenvalue weighted by molar-refractivity contribution is 6.01. The van der Waals surface area contributed by atoms with Crippen molar-refractivity contribution >= 4 is 22.7 Å². The van der Waals surface area contributed by atoms with Crippen LogP contribution in [0, 0.1) is 0 Å². The third-order valence-electron chi connectivity index (χ3n) is 8.16. The molecule has 2 aliphatic rings. The Bertz CT molecular complexity index is 1510. The van der Waals surface area contributed by atoms with Gasteiger partial charge in [0.2, 0.25) is 5.91 Å². The molecule has 0 aliphatic carbocycles. The number of fused-ring (bicyclic) bond motifs is 5. The molecule has 2 aliphatic heterocycles. The molecule has 3 aromatic carbocycles. The maximum atomic E-state index is 14.3. The van der Waals surface area contributed by atoms with Crippen molar-refractivity contribution < 1.29 is 14.3 Å². The van der Waals surface area contributed by atoms with Crippen LogP contribution in [0.15, 0.2) is 72.8 Å². The molecule has 0 spiro atoms. The van der Waals surface area contributed by atoms with E-state index in [9.17, 15) is 9.59 Å². The maximum Gasteiger partial charge on any atom is 0.255 e. The smallest absolute Gasteiger partial charge is 0.255 e. The van der Waals surface area contributed by atoms with Crippen LogP contribution in [0.25, 0.3) is 10.9 Å². The first-order valence-electron chi connectivity index (χ1n) is 12.9. The van der Waals surface area contributed by atoms with Crippen LogP contribution in [0.5, 0.6) is 5.75 Å². The molecule has 3 heterocycles. The molecular formula is C31H31N3O3. The number of hydrogen-bond donors (Lipinski definition) is 1. The van der Waals surface area contributed by atoms with Gasteiger partial charge < -0.3 is 19.5 Å². The van der Waals surface area contributed by atoms with E-state index in [4.69, 9.17) is 4.74 Å². The van der Waals surface area contributed by atoms with E-state index in [0.29, 0.717) is 18.8 Å². The predicted octanol–water partition coefficient (Wildman–Crippen LogP) is 4.97. The fraction of sp³-hybridized carbons (Fsp3) is 0.290. The van der Waals surface area contributed by atoms with Gasteiger partial charge in [-0.15, -0.1) is 0 Å². The number of ether oxygens (including phenoxy) is 1. The second-order valence-electron chi connectivity index (χ2n) is 10.2. The van der Waals surface area contributed by atoms with Gasteiger partial charge in [0.15, 0.2) is 5.54 Å². The lowest BCUT2D eigenvalue weighted by molar-refractivity contribution is -0.166. The molecule has 37 heavy (non-hydrogen) atoms. The minimum absolute atomic E-state index is 0.0253. The van der Waals surface area contributed by atoms with E-state index >= 15 is 0 Å². The average Bonchev–Trinajstić information content (AvgIpc) is 3.33. The zero-order valence-electron chi connectivity index (χ0n) is 21.5. The first-order valence-corrected chi connectivity index (χ1v) is 12.9. The summed E-state index contributed by atoms with van der Waals surface area (Å²) < 4.78 is 5.52. The molecule has 1 fully saturated rings. The Morgan fingerprint density at radius 3 is 2.49 bits per heavy atom. The van der Waals surface area contributed by atoms with E-state index < -0.39 is 5.54 Å². The van der Waals surface area contributed by atoms with Gasteiger partial charge in [0, 0.05) is 35.5 Å². The van der Waals surface area contributed by atoms with Crippen molar-refractivity contribution in [1.29, 1.82) is 0 Å². The molecule has 0 bridgehead atoms. The van der Waals surface area contributed by atoms with E-state index in [-0.39, 0.29) is 24.3 Å². The van der Waals surface area contributed by atoms with Gasteiger partial charge in [-0.2, -0.15) is 0 Å². The number of nitrogens with one attached hydrogen (secondary N) is 1. The fourth-order valence-corrected chi connectivity index (χ4v) is 6.13. The minimum atomic E-state index is -1.12. The number of hydrogen-bond acceptors (Lipinski definition) is 3. The highest BCUT2D eigenvalue weighted by Gasteiger charge is 2.56. The third-order valence-corrected chi connectivity index (χ3v) is 8.16. The second-order valence-corrected chi connectivity index (χ2v) is 10.2. The molecule has 2 amide bonds. The highest BCUT2D eigenvalue weighted by Crippen LogP contribution is 2.48. The number of aromatic nitrogens is 1. The molecule has 6 nitrogen and oxygen atoms in total.